The molecule has 22 heteroatoms. The van der Waals surface area contributed by atoms with E-state index in [1.165, 1.54) is 42.0 Å². The number of hydrogen-bond donors (Lipinski definition) is 0. The van der Waals surface area contributed by atoms with Gasteiger partial charge in [-0.05, 0) is 205 Å². The lowest BCUT2D eigenvalue weighted by molar-refractivity contribution is -0.150. The molecule has 6 fully saturated rings. The minimum absolute atomic E-state index is 0. The molecule has 6 aromatic carbocycles. The highest BCUT2D eigenvalue weighted by Gasteiger charge is 2.59. The maximum Gasteiger partial charge on any atom is 0.231 e. The molecular formula is C88H106F3N11O8. The number of methoxy groups -OCH3 is 3. The number of hydrogen-bond acceptors (Lipinski definition) is 11. The average Bonchev–Trinajstić information content (AvgIpc) is 1.55. The van der Waals surface area contributed by atoms with Crippen molar-refractivity contribution in [1.29, 1.82) is 0 Å². The highest BCUT2D eigenvalue weighted by molar-refractivity contribution is 5.89. The number of amides is 5. The highest BCUT2D eigenvalue weighted by atomic mass is 19.1. The summed E-state index contributed by atoms with van der Waals surface area (Å²) in [6.07, 6.45) is 19.1. The van der Waals surface area contributed by atoms with E-state index in [1.807, 2.05) is 118 Å². The summed E-state index contributed by atoms with van der Waals surface area (Å²) in [6.45, 7) is 18.7. The monoisotopic (exact) mass is 1500 g/mol. The van der Waals surface area contributed by atoms with E-state index in [4.69, 9.17) is 14.2 Å². The summed E-state index contributed by atoms with van der Waals surface area (Å²) in [5.74, 6) is 1.43. The molecule has 6 aliphatic rings. The van der Waals surface area contributed by atoms with Gasteiger partial charge in [0.1, 0.15) is 34.7 Å². The lowest BCUT2D eigenvalue weighted by atomic mass is 9.68. The first kappa shape index (κ1) is 80.5. The topological polar surface area (TPSA) is 183 Å². The normalized spacial score (nSPS) is 22.4. The van der Waals surface area contributed by atoms with Crippen molar-refractivity contribution in [1.82, 2.24) is 53.2 Å². The summed E-state index contributed by atoms with van der Waals surface area (Å²) in [7, 11) is 4.96. The van der Waals surface area contributed by atoms with Gasteiger partial charge in [0.15, 0.2) is 0 Å². The smallest absolute Gasteiger partial charge is 0.231 e. The summed E-state index contributed by atoms with van der Waals surface area (Å²) in [6, 6.07) is 37.2. The van der Waals surface area contributed by atoms with Crippen LogP contribution >= 0.6 is 0 Å². The number of aromatic nitrogens is 6. The highest BCUT2D eigenvalue weighted by Crippen LogP contribution is 2.57. The van der Waals surface area contributed by atoms with Gasteiger partial charge in [0.2, 0.25) is 29.5 Å². The van der Waals surface area contributed by atoms with Gasteiger partial charge < -0.3 is 52.4 Å². The van der Waals surface area contributed by atoms with Crippen LogP contribution in [0.1, 0.15) is 194 Å². The molecular weight excluding hydrogens is 1400 g/mol. The molecule has 9 aromatic rings. The Morgan fingerprint density at radius 2 is 0.718 bits per heavy atom. The van der Waals surface area contributed by atoms with Gasteiger partial charge in [0.25, 0.3) is 0 Å². The number of carbonyl (C=O) groups is 5. The number of benzene rings is 6. The zero-order chi connectivity index (χ0) is 76.5. The van der Waals surface area contributed by atoms with Crippen LogP contribution in [0.5, 0.6) is 17.2 Å². The fourth-order valence-corrected chi connectivity index (χ4v) is 18.3. The zero-order valence-corrected chi connectivity index (χ0v) is 63.7. The number of halogens is 3. The van der Waals surface area contributed by atoms with Crippen molar-refractivity contribution in [2.45, 2.75) is 164 Å². The minimum Gasteiger partial charge on any atom is -0.495 e. The molecule has 5 aliphatic heterocycles. The van der Waals surface area contributed by atoms with Crippen molar-refractivity contribution in [3.05, 3.63) is 233 Å². The van der Waals surface area contributed by atoms with Gasteiger partial charge in [-0.15, -0.1) is 0 Å². The van der Waals surface area contributed by atoms with Gasteiger partial charge in [-0.1, -0.05) is 75.9 Å². The van der Waals surface area contributed by atoms with E-state index in [1.54, 1.807) is 100 Å². The van der Waals surface area contributed by atoms with Crippen LogP contribution < -0.4 is 14.2 Å². The summed E-state index contributed by atoms with van der Waals surface area (Å²) in [5, 5.41) is 0. The van der Waals surface area contributed by atoms with E-state index < -0.39 is 10.8 Å². The predicted octanol–water partition coefficient (Wildman–Crippen LogP) is 16.5. The SMILES string of the molecule is C.C.COc1cc(C2CCCC23CCCN(C(C)c2ccc(F)cc2)C3=O)ccc1-n1cnc(C)c1.COc1cc(C2CN(C(C)=O)CC23CCCN(C(C)c2ccc(F)cc2)C3=O)ccc1-n1cnc(C)c1.COc1cc(C2CN(C(C)=O)CC23CCCN(C(C)c2ccc(F)cc2)C3=O)ccc1-n1cnc(C)c1. The number of ether oxygens (including phenoxy) is 3. The molecule has 110 heavy (non-hydrogen) atoms. The molecule has 9 unspecified atom stereocenters. The van der Waals surface area contributed by atoms with Crippen LogP contribution in [0.4, 0.5) is 13.2 Å². The molecule has 3 aromatic heterocycles. The van der Waals surface area contributed by atoms with Crippen LogP contribution in [-0.2, 0) is 24.0 Å². The van der Waals surface area contributed by atoms with Crippen molar-refractivity contribution >= 4 is 29.5 Å². The molecule has 0 bridgehead atoms. The Morgan fingerprint density at radius 1 is 0.427 bits per heavy atom. The van der Waals surface area contributed by atoms with Gasteiger partial charge >= 0.3 is 0 Å². The first-order valence-corrected chi connectivity index (χ1v) is 37.7. The number of imidazole rings is 3. The molecule has 1 aliphatic carbocycles. The number of likely N-dealkylation sites (tertiary alicyclic amines) is 5. The van der Waals surface area contributed by atoms with Crippen molar-refractivity contribution < 1.29 is 51.4 Å². The predicted molar refractivity (Wildman–Crippen MR) is 419 cm³/mol. The molecule has 8 heterocycles. The van der Waals surface area contributed by atoms with Crippen molar-refractivity contribution in [3.63, 3.8) is 0 Å². The third-order valence-electron chi connectivity index (χ3n) is 24.1. The van der Waals surface area contributed by atoms with Crippen molar-refractivity contribution in [3.8, 4) is 34.3 Å². The standard InChI is InChI=1S/2C29H33FN4O3.C28H32FN3O2.2CH4/c2*1-19-15-33(18-31-19)26-11-8-23(14-27(26)37-4)25-16-32(21(3)35)17-29(25)12-5-13-34(28(29)36)20(2)22-6-9-24(30)10-7-22;1-19-17-31(18-30-19)25-12-9-22(16-26(25)34-3)24-6-4-13-28(24)14-5-15-32(27(28)33)20(2)21-7-10-23(29)11-8-21;;/h2*6-11,14-15,18,20,25H,5,12-13,16-17H2,1-4H3;7-12,16-18,20,24H,4-6,13-15H2,1-3H3;2*1H4. The van der Waals surface area contributed by atoms with E-state index in [0.29, 0.717) is 63.6 Å². The lowest BCUT2D eigenvalue weighted by Crippen LogP contribution is -2.53. The second kappa shape index (κ2) is 33.4. The molecule has 5 amide bonds. The number of piperidine rings is 3. The minimum atomic E-state index is -0.726. The van der Waals surface area contributed by atoms with E-state index in [-0.39, 0.29) is 103 Å². The molecule has 0 radical (unpaired) electrons. The van der Waals surface area contributed by atoms with Crippen LogP contribution in [0, 0.1) is 54.5 Å². The van der Waals surface area contributed by atoms with Crippen LogP contribution in [0.15, 0.2) is 165 Å². The Balaban J connectivity index is 0.000000162. The molecule has 9 atom stereocenters. The van der Waals surface area contributed by atoms with Crippen molar-refractivity contribution in [2.24, 2.45) is 16.2 Å². The van der Waals surface area contributed by atoms with Crippen LogP contribution in [0.25, 0.3) is 17.1 Å². The van der Waals surface area contributed by atoms with Crippen LogP contribution in [-0.4, -0.2) is 150 Å². The third-order valence-corrected chi connectivity index (χ3v) is 24.1. The molecule has 1 saturated carbocycles. The Morgan fingerprint density at radius 3 is 1.01 bits per heavy atom. The Hall–Kier alpha value is -10.5. The zero-order valence-electron chi connectivity index (χ0n) is 63.7. The Kier molecular flexibility index (Phi) is 24.4. The van der Waals surface area contributed by atoms with E-state index in [9.17, 15) is 37.1 Å². The quantitative estimate of drug-likeness (QED) is 0.0952. The molecule has 0 N–H and O–H groups in total. The Labute approximate surface area is 645 Å². The summed E-state index contributed by atoms with van der Waals surface area (Å²) >= 11 is 0. The first-order chi connectivity index (χ1) is 51.9. The van der Waals surface area contributed by atoms with Gasteiger partial charge in [0, 0.05) is 90.1 Å². The largest absolute Gasteiger partial charge is 0.495 e. The molecule has 15 rings (SSSR count). The lowest BCUT2D eigenvalue weighted by Gasteiger charge is -2.45. The van der Waals surface area contributed by atoms with Crippen LogP contribution in [0.3, 0.4) is 0 Å². The molecule has 582 valence electrons. The molecule has 3 spiro atoms. The van der Waals surface area contributed by atoms with Gasteiger partial charge in [-0.3, -0.25) is 24.0 Å². The fraction of sp³-hybridized carbons (Fsp3) is 0.432. The van der Waals surface area contributed by atoms with Gasteiger partial charge in [-0.2, -0.15) is 0 Å². The number of aryl methyl sites for hydroxylation is 3. The number of rotatable bonds is 15. The first-order valence-electron chi connectivity index (χ1n) is 37.7. The van der Waals surface area contributed by atoms with Gasteiger partial charge in [-0.25, -0.2) is 28.1 Å². The second-order valence-electron chi connectivity index (χ2n) is 30.4. The van der Waals surface area contributed by atoms with Gasteiger partial charge in [0.05, 0.1) is 109 Å². The second-order valence-corrected chi connectivity index (χ2v) is 30.4. The molecule has 19 nitrogen and oxygen atoms in total. The maximum atomic E-state index is 14.3. The fourth-order valence-electron chi connectivity index (χ4n) is 18.3. The summed E-state index contributed by atoms with van der Waals surface area (Å²) in [4.78, 5) is 90.1. The summed E-state index contributed by atoms with van der Waals surface area (Å²) in [5.41, 5.74) is 9.48. The van der Waals surface area contributed by atoms with E-state index >= 15 is 0 Å². The van der Waals surface area contributed by atoms with E-state index in [2.05, 4.69) is 40.1 Å². The third kappa shape index (κ3) is 15.6. The summed E-state index contributed by atoms with van der Waals surface area (Å²) < 4.78 is 63.6. The van der Waals surface area contributed by atoms with Crippen LogP contribution in [0.2, 0.25) is 0 Å². The number of nitrogens with zero attached hydrogens (tertiary/aromatic N) is 11. The average molecular weight is 1500 g/mol. The molecule has 5 saturated heterocycles. The van der Waals surface area contributed by atoms with Crippen molar-refractivity contribution in [2.75, 3.05) is 67.1 Å². The maximum absolute atomic E-state index is 14.3. The number of carbonyl (C=O) groups excluding carboxylic acids is 5. The Bertz CT molecular complexity index is 4570. The van der Waals surface area contributed by atoms with E-state index in [0.717, 1.165) is 119 Å².